The molecule has 1 unspecified atom stereocenters. The van der Waals surface area contributed by atoms with E-state index in [9.17, 15) is 10.2 Å². The molecule has 0 heterocycles. The molecule has 0 fully saturated rings. The number of hydrogen-bond donors (Lipinski definition) is 3. The van der Waals surface area contributed by atoms with Gasteiger partial charge < -0.3 is 15.9 Å². The van der Waals surface area contributed by atoms with Gasteiger partial charge in [-0.3, -0.25) is 0 Å². The number of nitrogens with two attached hydrogens (primary N) is 1. The summed E-state index contributed by atoms with van der Waals surface area (Å²) >= 11 is 0. The van der Waals surface area contributed by atoms with E-state index in [4.69, 9.17) is 5.73 Å². The minimum absolute atomic E-state index is 0. The van der Waals surface area contributed by atoms with Crippen LogP contribution >= 0.6 is 12.4 Å². The first-order chi connectivity index (χ1) is 14.0. The lowest BCUT2D eigenvalue weighted by atomic mass is 9.95. The quantitative estimate of drug-likeness (QED) is 0.109. The summed E-state index contributed by atoms with van der Waals surface area (Å²) in [7, 11) is 0. The Morgan fingerprint density at radius 1 is 0.533 bits per heavy atom. The maximum atomic E-state index is 10.3. The lowest BCUT2D eigenvalue weighted by Crippen LogP contribution is -2.47. The second-order valence-corrected chi connectivity index (χ2v) is 9.39. The normalized spacial score (nSPS) is 12.7. The van der Waals surface area contributed by atoms with Crippen LogP contribution in [-0.2, 0) is 0 Å². The molecule has 0 amide bonds. The van der Waals surface area contributed by atoms with Crippen molar-refractivity contribution in [3.05, 3.63) is 0 Å². The minimum Gasteiger partial charge on any atom is -0.364 e. The minimum atomic E-state index is -1.68. The molecule has 0 aliphatic carbocycles. The summed E-state index contributed by atoms with van der Waals surface area (Å²) in [5.41, 5.74) is 6.08. The van der Waals surface area contributed by atoms with Gasteiger partial charge in [-0.05, 0) is 12.8 Å². The Kier molecular flexibility index (Phi) is 25.7. The standard InChI is InChI=1S/C26H55NO2.ClH/c1-3-5-7-9-11-13-15-17-19-21-23-25(27)26(28,29)24-22-20-18-16-14-12-10-8-6-4-2;/h25,28-29H,3-24,27H2,1-2H3;1H. The number of halogens is 1. The zero-order valence-corrected chi connectivity index (χ0v) is 21.3. The summed E-state index contributed by atoms with van der Waals surface area (Å²) in [5.74, 6) is -1.68. The van der Waals surface area contributed by atoms with Crippen LogP contribution in [0.1, 0.15) is 155 Å². The molecule has 0 spiro atoms. The van der Waals surface area contributed by atoms with Crippen LogP contribution in [0.4, 0.5) is 0 Å². The van der Waals surface area contributed by atoms with Crippen molar-refractivity contribution in [3.8, 4) is 0 Å². The van der Waals surface area contributed by atoms with Crippen LogP contribution in [0.5, 0.6) is 0 Å². The molecule has 0 aromatic carbocycles. The highest BCUT2D eigenvalue weighted by Crippen LogP contribution is 2.21. The first kappa shape index (κ1) is 32.4. The Bertz CT molecular complexity index is 326. The third-order valence-corrected chi connectivity index (χ3v) is 6.36. The summed E-state index contributed by atoms with van der Waals surface area (Å²) < 4.78 is 0. The fraction of sp³-hybridized carbons (Fsp3) is 1.00. The molecule has 4 N–H and O–H groups in total. The van der Waals surface area contributed by atoms with E-state index >= 15 is 0 Å². The Labute approximate surface area is 195 Å². The zero-order chi connectivity index (χ0) is 21.6. The van der Waals surface area contributed by atoms with Crippen molar-refractivity contribution >= 4 is 12.4 Å². The van der Waals surface area contributed by atoms with Crippen LogP contribution in [0.15, 0.2) is 0 Å². The predicted molar refractivity (Wildman–Crippen MR) is 135 cm³/mol. The van der Waals surface area contributed by atoms with Crippen LogP contribution < -0.4 is 5.73 Å². The lowest BCUT2D eigenvalue weighted by Gasteiger charge is -2.28. The topological polar surface area (TPSA) is 66.5 Å². The Morgan fingerprint density at radius 3 is 1.20 bits per heavy atom. The van der Waals surface area contributed by atoms with Gasteiger partial charge in [-0.25, -0.2) is 0 Å². The van der Waals surface area contributed by atoms with E-state index in [2.05, 4.69) is 13.8 Å². The molecule has 1 atom stereocenters. The van der Waals surface area contributed by atoms with E-state index in [-0.39, 0.29) is 12.4 Å². The predicted octanol–water partition coefficient (Wildman–Crippen LogP) is 8.04. The molecule has 0 aromatic heterocycles. The van der Waals surface area contributed by atoms with Gasteiger partial charge in [-0.15, -0.1) is 12.4 Å². The summed E-state index contributed by atoms with van der Waals surface area (Å²) in [4.78, 5) is 0. The molecule has 0 radical (unpaired) electrons. The van der Waals surface area contributed by atoms with E-state index in [1.54, 1.807) is 0 Å². The largest absolute Gasteiger partial charge is 0.364 e. The van der Waals surface area contributed by atoms with Crippen molar-refractivity contribution in [2.24, 2.45) is 5.73 Å². The molecule has 184 valence electrons. The number of rotatable bonds is 23. The molecule has 0 aliphatic rings. The number of unbranched alkanes of at least 4 members (excludes halogenated alkanes) is 18. The van der Waals surface area contributed by atoms with Crippen molar-refractivity contribution in [3.63, 3.8) is 0 Å². The Morgan fingerprint density at radius 2 is 0.833 bits per heavy atom. The van der Waals surface area contributed by atoms with E-state index in [1.807, 2.05) is 0 Å². The summed E-state index contributed by atoms with van der Waals surface area (Å²) in [5, 5.41) is 20.6. The molecule has 0 bridgehead atoms. The van der Waals surface area contributed by atoms with Crippen LogP contribution in [0, 0.1) is 0 Å². The highest BCUT2D eigenvalue weighted by atomic mass is 35.5. The molecule has 0 saturated heterocycles. The van der Waals surface area contributed by atoms with Crippen molar-refractivity contribution in [1.82, 2.24) is 0 Å². The van der Waals surface area contributed by atoms with Gasteiger partial charge in [0.2, 0.25) is 0 Å². The second-order valence-electron chi connectivity index (χ2n) is 9.39. The summed E-state index contributed by atoms with van der Waals surface area (Å²) in [6.07, 6.45) is 26.6. The summed E-state index contributed by atoms with van der Waals surface area (Å²) in [6.45, 7) is 4.51. The van der Waals surface area contributed by atoms with Gasteiger partial charge in [0.05, 0.1) is 6.04 Å². The van der Waals surface area contributed by atoms with Gasteiger partial charge in [-0.2, -0.15) is 0 Å². The Balaban J connectivity index is 0. The van der Waals surface area contributed by atoms with E-state index in [1.165, 1.54) is 103 Å². The van der Waals surface area contributed by atoms with E-state index in [0.717, 1.165) is 32.1 Å². The van der Waals surface area contributed by atoms with E-state index < -0.39 is 11.8 Å². The maximum Gasteiger partial charge on any atom is 0.178 e. The van der Waals surface area contributed by atoms with Crippen LogP contribution in [0.2, 0.25) is 0 Å². The van der Waals surface area contributed by atoms with Crippen LogP contribution in [-0.4, -0.2) is 22.0 Å². The van der Waals surface area contributed by atoms with Gasteiger partial charge >= 0.3 is 0 Å². The zero-order valence-electron chi connectivity index (χ0n) is 20.5. The molecule has 0 rings (SSSR count). The fourth-order valence-electron chi connectivity index (χ4n) is 4.14. The molecule has 3 nitrogen and oxygen atoms in total. The molecule has 4 heteroatoms. The molecule has 30 heavy (non-hydrogen) atoms. The van der Waals surface area contributed by atoms with Crippen LogP contribution in [0.3, 0.4) is 0 Å². The lowest BCUT2D eigenvalue weighted by molar-refractivity contribution is -0.183. The van der Waals surface area contributed by atoms with Gasteiger partial charge in [0.1, 0.15) is 0 Å². The highest BCUT2D eigenvalue weighted by molar-refractivity contribution is 5.85. The van der Waals surface area contributed by atoms with Gasteiger partial charge in [0, 0.05) is 6.42 Å². The molecular formula is C26H56ClNO2. The average molecular weight is 450 g/mol. The van der Waals surface area contributed by atoms with Gasteiger partial charge in [0.15, 0.2) is 5.79 Å². The first-order valence-corrected chi connectivity index (χ1v) is 13.2. The maximum absolute atomic E-state index is 10.3. The smallest absolute Gasteiger partial charge is 0.178 e. The first-order valence-electron chi connectivity index (χ1n) is 13.2. The van der Waals surface area contributed by atoms with Gasteiger partial charge in [-0.1, -0.05) is 136 Å². The monoisotopic (exact) mass is 449 g/mol. The molecule has 0 saturated carbocycles. The summed E-state index contributed by atoms with van der Waals surface area (Å²) in [6, 6.07) is -0.505. The molecular weight excluding hydrogens is 394 g/mol. The van der Waals surface area contributed by atoms with Crippen molar-refractivity contribution < 1.29 is 10.2 Å². The van der Waals surface area contributed by atoms with Crippen molar-refractivity contribution in [2.45, 2.75) is 167 Å². The average Bonchev–Trinajstić information content (AvgIpc) is 2.70. The number of aliphatic hydroxyl groups is 2. The second kappa shape index (κ2) is 23.8. The van der Waals surface area contributed by atoms with Crippen molar-refractivity contribution in [1.29, 1.82) is 0 Å². The number of hydrogen-bond acceptors (Lipinski definition) is 3. The SMILES string of the molecule is CCCCCCCCCCCCC(N)C(O)(O)CCCCCCCCCCCC.Cl. The Hall–Kier alpha value is 0.170. The van der Waals surface area contributed by atoms with Gasteiger partial charge in [0.25, 0.3) is 0 Å². The third-order valence-electron chi connectivity index (χ3n) is 6.36. The third kappa shape index (κ3) is 21.4. The fourth-order valence-corrected chi connectivity index (χ4v) is 4.14. The van der Waals surface area contributed by atoms with E-state index in [0.29, 0.717) is 6.42 Å². The van der Waals surface area contributed by atoms with Crippen LogP contribution in [0.25, 0.3) is 0 Å². The molecule has 0 aliphatic heterocycles. The van der Waals surface area contributed by atoms with Crippen molar-refractivity contribution in [2.75, 3.05) is 0 Å². The highest BCUT2D eigenvalue weighted by Gasteiger charge is 2.30. The molecule has 0 aromatic rings.